The molecule has 0 atom stereocenters. The number of hydrogen-bond acceptors (Lipinski definition) is 1. The quantitative estimate of drug-likeness (QED) is 0.756. The molecule has 0 aliphatic rings. The highest BCUT2D eigenvalue weighted by Crippen LogP contribution is 2.25. The lowest BCUT2D eigenvalue weighted by Crippen LogP contribution is -2.01. The van der Waals surface area contributed by atoms with E-state index in [0.29, 0.717) is 16.8 Å². The second-order valence-electron chi connectivity index (χ2n) is 4.21. The lowest BCUT2D eigenvalue weighted by atomic mass is 10.1. The Morgan fingerprint density at radius 1 is 1.29 bits per heavy atom. The third kappa shape index (κ3) is 2.48. The molecule has 0 fully saturated rings. The molecule has 4 heteroatoms. The molecule has 2 nitrogen and oxygen atoms in total. The van der Waals surface area contributed by atoms with Crippen molar-refractivity contribution in [3.8, 4) is 5.69 Å². The minimum Gasteiger partial charge on any atom is -0.240 e. The summed E-state index contributed by atoms with van der Waals surface area (Å²) < 4.78 is 1.83. The minimum atomic E-state index is 0.381. The first kappa shape index (κ1) is 12.5. The van der Waals surface area contributed by atoms with Crippen molar-refractivity contribution in [2.75, 3.05) is 0 Å². The summed E-state index contributed by atoms with van der Waals surface area (Å²) in [5.41, 5.74) is 2.92. The van der Waals surface area contributed by atoms with Gasteiger partial charge < -0.3 is 0 Å². The summed E-state index contributed by atoms with van der Waals surface area (Å²) in [6.45, 7) is 4.24. The van der Waals surface area contributed by atoms with Crippen LogP contribution in [0, 0.1) is 0 Å². The molecule has 0 aliphatic heterocycles. The maximum atomic E-state index is 6.12. The summed E-state index contributed by atoms with van der Waals surface area (Å²) >= 11 is 12.1. The van der Waals surface area contributed by atoms with Crippen LogP contribution in [0.1, 0.15) is 31.0 Å². The van der Waals surface area contributed by atoms with Gasteiger partial charge in [-0.25, -0.2) is 4.68 Å². The average molecular weight is 269 g/mol. The molecule has 0 amide bonds. The molecule has 0 saturated carbocycles. The van der Waals surface area contributed by atoms with Gasteiger partial charge in [-0.05, 0) is 24.1 Å². The number of rotatable bonds is 3. The maximum Gasteiger partial charge on any atom is 0.0704 e. The van der Waals surface area contributed by atoms with Gasteiger partial charge in [-0.3, -0.25) is 0 Å². The van der Waals surface area contributed by atoms with Crippen LogP contribution in [0.5, 0.6) is 0 Å². The molecule has 1 heterocycles. The zero-order chi connectivity index (χ0) is 12.4. The molecule has 0 bridgehead atoms. The highest BCUT2D eigenvalue weighted by molar-refractivity contribution is 6.32. The van der Waals surface area contributed by atoms with E-state index in [9.17, 15) is 0 Å². The first-order valence-corrected chi connectivity index (χ1v) is 6.44. The molecule has 0 radical (unpaired) electrons. The lowest BCUT2D eigenvalue weighted by molar-refractivity contribution is 0.766. The standard InChI is InChI=1S/C13H14Cl2N2/c1-9(2)12-6-7-17(16-12)13-5-3-4-11(15)10(13)8-14/h3-7,9H,8H2,1-2H3. The van der Waals surface area contributed by atoms with E-state index >= 15 is 0 Å². The predicted molar refractivity (Wildman–Crippen MR) is 72.2 cm³/mol. The fraction of sp³-hybridized carbons (Fsp3) is 0.308. The molecule has 17 heavy (non-hydrogen) atoms. The van der Waals surface area contributed by atoms with Gasteiger partial charge in [0.15, 0.2) is 0 Å². The largest absolute Gasteiger partial charge is 0.240 e. The summed E-state index contributed by atoms with van der Waals surface area (Å²) in [7, 11) is 0. The van der Waals surface area contributed by atoms with Gasteiger partial charge in [0.1, 0.15) is 0 Å². The van der Waals surface area contributed by atoms with Crippen LogP contribution in [0.2, 0.25) is 5.02 Å². The third-order valence-electron chi connectivity index (χ3n) is 2.68. The van der Waals surface area contributed by atoms with Gasteiger partial charge in [0.05, 0.1) is 17.3 Å². The van der Waals surface area contributed by atoms with Crippen molar-refractivity contribution in [3.63, 3.8) is 0 Å². The van der Waals surface area contributed by atoms with E-state index < -0.39 is 0 Å². The minimum absolute atomic E-state index is 0.381. The fourth-order valence-corrected chi connectivity index (χ4v) is 2.26. The Morgan fingerprint density at radius 3 is 2.65 bits per heavy atom. The average Bonchev–Trinajstić information content (AvgIpc) is 2.77. The Hall–Kier alpha value is -0.990. The Morgan fingerprint density at radius 2 is 2.06 bits per heavy atom. The summed E-state index contributed by atoms with van der Waals surface area (Å²) in [6, 6.07) is 7.74. The normalized spacial score (nSPS) is 11.1. The number of hydrogen-bond donors (Lipinski definition) is 0. The molecule has 90 valence electrons. The van der Waals surface area contributed by atoms with E-state index in [1.54, 1.807) is 0 Å². The topological polar surface area (TPSA) is 17.8 Å². The van der Waals surface area contributed by atoms with Gasteiger partial charge in [-0.15, -0.1) is 11.6 Å². The van der Waals surface area contributed by atoms with Crippen LogP contribution in [0.4, 0.5) is 0 Å². The Kier molecular flexibility index (Phi) is 3.75. The number of nitrogens with zero attached hydrogens (tertiary/aromatic N) is 2. The van der Waals surface area contributed by atoms with E-state index in [-0.39, 0.29) is 0 Å². The van der Waals surface area contributed by atoms with E-state index in [1.165, 1.54) is 0 Å². The maximum absolute atomic E-state index is 6.12. The van der Waals surface area contributed by atoms with Crippen molar-refractivity contribution >= 4 is 23.2 Å². The van der Waals surface area contributed by atoms with E-state index in [4.69, 9.17) is 23.2 Å². The summed E-state index contributed by atoms with van der Waals surface area (Å²) in [6.07, 6.45) is 1.94. The summed E-state index contributed by atoms with van der Waals surface area (Å²) in [5, 5.41) is 5.21. The molecule has 0 N–H and O–H groups in total. The summed E-state index contributed by atoms with van der Waals surface area (Å²) in [5.74, 6) is 0.793. The van der Waals surface area contributed by atoms with Gasteiger partial charge in [-0.1, -0.05) is 31.5 Å². The Balaban J connectivity index is 2.48. The Bertz CT molecular complexity index is 518. The fourth-order valence-electron chi connectivity index (χ4n) is 1.67. The molecule has 0 spiro atoms. The van der Waals surface area contributed by atoms with Crippen LogP contribution >= 0.6 is 23.2 Å². The number of alkyl halides is 1. The predicted octanol–water partition coefficient (Wildman–Crippen LogP) is 4.39. The molecule has 0 unspecified atom stereocenters. The second kappa shape index (κ2) is 5.11. The Labute approximate surface area is 111 Å². The van der Waals surface area contributed by atoms with Gasteiger partial charge >= 0.3 is 0 Å². The lowest BCUT2D eigenvalue weighted by Gasteiger charge is -2.09. The highest BCUT2D eigenvalue weighted by Gasteiger charge is 2.10. The van der Waals surface area contributed by atoms with Crippen LogP contribution in [0.3, 0.4) is 0 Å². The molecule has 2 rings (SSSR count). The van der Waals surface area contributed by atoms with Crippen molar-refractivity contribution in [1.29, 1.82) is 0 Å². The SMILES string of the molecule is CC(C)c1ccn(-c2cccc(Cl)c2CCl)n1. The van der Waals surface area contributed by atoms with Crippen LogP contribution in [0.25, 0.3) is 5.69 Å². The van der Waals surface area contributed by atoms with Crippen molar-refractivity contribution in [1.82, 2.24) is 9.78 Å². The monoisotopic (exact) mass is 268 g/mol. The highest BCUT2D eigenvalue weighted by atomic mass is 35.5. The molecule has 0 aliphatic carbocycles. The van der Waals surface area contributed by atoms with Crippen molar-refractivity contribution in [2.45, 2.75) is 25.6 Å². The van der Waals surface area contributed by atoms with Crippen LogP contribution < -0.4 is 0 Å². The van der Waals surface area contributed by atoms with E-state index in [0.717, 1.165) is 16.9 Å². The van der Waals surface area contributed by atoms with Crippen LogP contribution in [-0.4, -0.2) is 9.78 Å². The van der Waals surface area contributed by atoms with E-state index in [2.05, 4.69) is 18.9 Å². The molecule has 0 saturated heterocycles. The van der Waals surface area contributed by atoms with Crippen molar-refractivity contribution in [2.24, 2.45) is 0 Å². The van der Waals surface area contributed by atoms with Crippen LogP contribution in [-0.2, 0) is 5.88 Å². The molecular formula is C13H14Cl2N2. The number of benzene rings is 1. The molecular weight excluding hydrogens is 255 g/mol. The number of aromatic nitrogens is 2. The number of halogens is 2. The second-order valence-corrected chi connectivity index (χ2v) is 4.89. The van der Waals surface area contributed by atoms with Gasteiger partial charge in [0.25, 0.3) is 0 Å². The van der Waals surface area contributed by atoms with Gasteiger partial charge in [0.2, 0.25) is 0 Å². The zero-order valence-corrected chi connectivity index (χ0v) is 11.3. The van der Waals surface area contributed by atoms with Crippen LogP contribution in [0.15, 0.2) is 30.5 Å². The first-order valence-electron chi connectivity index (χ1n) is 5.52. The van der Waals surface area contributed by atoms with Crippen molar-refractivity contribution in [3.05, 3.63) is 46.7 Å². The first-order chi connectivity index (χ1) is 8.13. The smallest absolute Gasteiger partial charge is 0.0704 e. The summed E-state index contributed by atoms with van der Waals surface area (Å²) in [4.78, 5) is 0. The van der Waals surface area contributed by atoms with E-state index in [1.807, 2.05) is 35.1 Å². The van der Waals surface area contributed by atoms with Gasteiger partial charge in [0, 0.05) is 16.8 Å². The van der Waals surface area contributed by atoms with Crippen molar-refractivity contribution < 1.29 is 0 Å². The third-order valence-corrected chi connectivity index (χ3v) is 3.30. The zero-order valence-electron chi connectivity index (χ0n) is 9.82. The molecule has 1 aromatic carbocycles. The van der Waals surface area contributed by atoms with Gasteiger partial charge in [-0.2, -0.15) is 5.10 Å². The molecule has 1 aromatic heterocycles. The molecule has 2 aromatic rings.